The maximum atomic E-state index is 12.9. The van der Waals surface area contributed by atoms with Crippen molar-refractivity contribution in [3.8, 4) is 0 Å². The molecular weight excluding hydrogens is 617 g/mol. The van der Waals surface area contributed by atoms with E-state index in [1.54, 1.807) is 4.57 Å². The molecule has 2 aromatic heterocycles. The number of ether oxygens (including phenoxy) is 2. The van der Waals surface area contributed by atoms with Gasteiger partial charge in [-0.2, -0.15) is 4.98 Å². The van der Waals surface area contributed by atoms with Crippen LogP contribution in [0, 0.1) is 0 Å². The van der Waals surface area contributed by atoms with Gasteiger partial charge in [0.25, 0.3) is 5.56 Å². The average molecular weight is 676 g/mol. The number of hydrogen-bond donors (Lipinski definition) is 3. The van der Waals surface area contributed by atoms with E-state index in [-0.39, 0.29) is 24.2 Å². The highest BCUT2D eigenvalue weighted by Gasteiger charge is 2.17. The monoisotopic (exact) mass is 675 g/mol. The number of aromatic nitrogens is 4. The minimum atomic E-state index is -4.25. The van der Waals surface area contributed by atoms with E-state index in [4.69, 9.17) is 24.2 Å². The van der Waals surface area contributed by atoms with Crippen LogP contribution in [0.4, 0.5) is 5.95 Å². The number of rotatable bonds is 28. The van der Waals surface area contributed by atoms with Crippen LogP contribution in [0.2, 0.25) is 0 Å². The van der Waals surface area contributed by atoms with Gasteiger partial charge < -0.3 is 28.7 Å². The minimum absolute atomic E-state index is 0.0430. The molecule has 3 N–H and O–H groups in total. The first-order chi connectivity index (χ1) is 22.9. The van der Waals surface area contributed by atoms with Gasteiger partial charge in [0, 0.05) is 26.2 Å². The number of nitrogens with zero attached hydrogens (tertiary/aromatic N) is 4. The van der Waals surface area contributed by atoms with Gasteiger partial charge in [0.15, 0.2) is 11.2 Å². The zero-order chi connectivity index (χ0) is 33.6. The first-order valence-corrected chi connectivity index (χ1v) is 19.6. The molecule has 0 spiro atoms. The summed E-state index contributed by atoms with van der Waals surface area (Å²) in [5.74, 6) is 0.412. The van der Waals surface area contributed by atoms with Crippen LogP contribution >= 0.6 is 7.60 Å². The third kappa shape index (κ3) is 16.4. The van der Waals surface area contributed by atoms with E-state index < -0.39 is 13.9 Å². The Morgan fingerprint density at radius 2 is 1.40 bits per heavy atom. The molecule has 0 radical (unpaired) electrons. The van der Waals surface area contributed by atoms with Crippen molar-refractivity contribution in [3.05, 3.63) is 52.6 Å². The highest BCUT2D eigenvalue weighted by atomic mass is 31.2. The molecule has 47 heavy (non-hydrogen) atoms. The molecule has 1 aromatic carbocycles. The number of H-pyrrole nitrogens is 1. The molecule has 0 atom stereocenters. The van der Waals surface area contributed by atoms with E-state index in [0.29, 0.717) is 37.9 Å². The van der Waals surface area contributed by atoms with Crippen molar-refractivity contribution in [2.24, 2.45) is 0 Å². The number of anilines is 1. The second-order valence-corrected chi connectivity index (χ2v) is 14.1. The predicted molar refractivity (Wildman–Crippen MR) is 189 cm³/mol. The molecule has 12 heteroatoms. The third-order valence-electron chi connectivity index (χ3n) is 8.36. The summed E-state index contributed by atoms with van der Waals surface area (Å²) < 4.78 is 23.8. The Labute approximate surface area is 280 Å². The molecule has 0 saturated heterocycles. The molecular formula is C35H58N5O6P. The lowest BCUT2D eigenvalue weighted by Crippen LogP contribution is -2.31. The minimum Gasteiger partial charge on any atom is -0.380 e. The van der Waals surface area contributed by atoms with Crippen LogP contribution in [-0.2, 0) is 27.1 Å². The predicted octanol–water partition coefficient (Wildman–Crippen LogP) is 7.56. The summed E-state index contributed by atoms with van der Waals surface area (Å²) in [5, 5.41) is 0. The fourth-order valence-corrected chi connectivity index (χ4v) is 6.06. The van der Waals surface area contributed by atoms with E-state index in [9.17, 15) is 9.36 Å². The molecule has 2 heterocycles. The SMILES string of the molecule is CCCCCCCCCCCCCCCCCCOCCN(Cc1ccccc1)c1nc2c(ncn2CCOCP(=O)(O)O)c(=O)[nH]1. The molecule has 0 aliphatic carbocycles. The number of unbranched alkanes of at least 4 members (excludes halogenated alkanes) is 15. The van der Waals surface area contributed by atoms with Crippen LogP contribution < -0.4 is 10.5 Å². The maximum Gasteiger partial charge on any atom is 0.350 e. The van der Waals surface area contributed by atoms with Crippen molar-refractivity contribution >= 4 is 24.7 Å². The molecule has 0 bridgehead atoms. The van der Waals surface area contributed by atoms with Gasteiger partial charge in [-0.15, -0.1) is 0 Å². The van der Waals surface area contributed by atoms with Crippen molar-refractivity contribution in [1.29, 1.82) is 0 Å². The average Bonchev–Trinajstić information content (AvgIpc) is 3.47. The largest absolute Gasteiger partial charge is 0.380 e. The van der Waals surface area contributed by atoms with Gasteiger partial charge in [-0.3, -0.25) is 14.3 Å². The summed E-state index contributed by atoms with van der Waals surface area (Å²) in [6.45, 7) is 4.86. The highest BCUT2D eigenvalue weighted by Crippen LogP contribution is 2.33. The standard InChI is InChI=1S/C35H58N5O6P/c1-2-3-4-5-6-7-8-9-10-11-12-13-14-15-16-20-25-45-26-23-39(28-31-21-18-17-19-22-31)35-37-33-32(34(41)38-35)36-29-40(33)24-27-46-30-47(42,43)44/h17-19,21-22,29H,2-16,20,23-28,30H2,1H3,(H,37,38,41)(H2,42,43,44). The lowest BCUT2D eigenvalue weighted by molar-refractivity contribution is 0.135. The smallest absolute Gasteiger partial charge is 0.350 e. The Hall–Kier alpha value is -2.56. The van der Waals surface area contributed by atoms with Crippen molar-refractivity contribution in [2.45, 2.75) is 123 Å². The van der Waals surface area contributed by atoms with Crippen LogP contribution in [-0.4, -0.2) is 62.0 Å². The van der Waals surface area contributed by atoms with Crippen molar-refractivity contribution in [2.75, 3.05) is 37.6 Å². The van der Waals surface area contributed by atoms with Crippen LogP contribution in [0.25, 0.3) is 11.2 Å². The Bertz CT molecular complexity index is 1350. The van der Waals surface area contributed by atoms with E-state index in [1.165, 1.54) is 103 Å². The second-order valence-electron chi connectivity index (χ2n) is 12.5. The van der Waals surface area contributed by atoms with Crippen molar-refractivity contribution in [3.63, 3.8) is 0 Å². The highest BCUT2D eigenvalue weighted by molar-refractivity contribution is 7.51. The normalized spacial score (nSPS) is 11.9. The number of benzene rings is 1. The zero-order valence-electron chi connectivity index (χ0n) is 28.5. The number of imidazole rings is 1. The van der Waals surface area contributed by atoms with Gasteiger partial charge in [-0.25, -0.2) is 4.98 Å². The Morgan fingerprint density at radius 3 is 2.00 bits per heavy atom. The van der Waals surface area contributed by atoms with Crippen LogP contribution in [0.1, 0.15) is 115 Å². The molecule has 0 unspecified atom stereocenters. The number of fused-ring (bicyclic) bond motifs is 1. The van der Waals surface area contributed by atoms with Gasteiger partial charge in [0.1, 0.15) is 6.35 Å². The van der Waals surface area contributed by atoms with Gasteiger partial charge in [-0.1, -0.05) is 134 Å². The molecule has 3 aromatic rings. The van der Waals surface area contributed by atoms with Gasteiger partial charge in [0.2, 0.25) is 5.95 Å². The van der Waals surface area contributed by atoms with Crippen molar-refractivity contribution < 1.29 is 23.8 Å². The molecule has 11 nitrogen and oxygen atoms in total. The maximum absolute atomic E-state index is 12.9. The molecule has 3 rings (SSSR count). The summed E-state index contributed by atoms with van der Waals surface area (Å²) in [5.41, 5.74) is 1.30. The van der Waals surface area contributed by atoms with Crippen LogP contribution in [0.3, 0.4) is 0 Å². The third-order valence-corrected chi connectivity index (χ3v) is 8.88. The van der Waals surface area contributed by atoms with E-state index in [1.807, 2.05) is 35.2 Å². The molecule has 264 valence electrons. The number of hydrogen-bond acceptors (Lipinski definition) is 7. The van der Waals surface area contributed by atoms with Crippen LogP contribution in [0.5, 0.6) is 0 Å². The Kier molecular flexibility index (Phi) is 19.0. The summed E-state index contributed by atoms with van der Waals surface area (Å²) in [6, 6.07) is 9.99. The molecule has 0 fully saturated rings. The summed E-state index contributed by atoms with van der Waals surface area (Å²) in [4.78, 5) is 44.7. The Morgan fingerprint density at radius 1 is 0.809 bits per heavy atom. The summed E-state index contributed by atoms with van der Waals surface area (Å²) >= 11 is 0. The number of aromatic amines is 1. The van der Waals surface area contributed by atoms with Crippen molar-refractivity contribution in [1.82, 2.24) is 19.5 Å². The number of nitrogens with one attached hydrogen (secondary N) is 1. The Balaban J connectivity index is 1.36. The van der Waals surface area contributed by atoms with E-state index in [2.05, 4.69) is 16.9 Å². The topological polar surface area (TPSA) is 143 Å². The van der Waals surface area contributed by atoms with Gasteiger partial charge in [-0.05, 0) is 12.0 Å². The first kappa shape index (κ1) is 38.9. The van der Waals surface area contributed by atoms with E-state index >= 15 is 0 Å². The van der Waals surface area contributed by atoms with E-state index in [0.717, 1.165) is 12.0 Å². The summed E-state index contributed by atoms with van der Waals surface area (Å²) in [6.07, 6.45) is 22.3. The lowest BCUT2D eigenvalue weighted by atomic mass is 10.0. The van der Waals surface area contributed by atoms with Gasteiger partial charge in [0.05, 0.1) is 19.5 Å². The van der Waals surface area contributed by atoms with Gasteiger partial charge >= 0.3 is 7.60 Å². The fourth-order valence-electron chi connectivity index (χ4n) is 5.69. The molecule has 0 amide bonds. The lowest BCUT2D eigenvalue weighted by Gasteiger charge is -2.23. The first-order valence-electron chi connectivity index (χ1n) is 17.8. The second kappa shape index (κ2) is 22.9. The molecule has 0 saturated carbocycles. The fraction of sp³-hybridized carbons (Fsp3) is 0.686. The zero-order valence-corrected chi connectivity index (χ0v) is 29.4. The molecule has 0 aliphatic heterocycles. The van der Waals surface area contributed by atoms with Crippen LogP contribution in [0.15, 0.2) is 41.5 Å². The summed E-state index contributed by atoms with van der Waals surface area (Å²) in [7, 11) is -4.25. The molecule has 0 aliphatic rings. The quantitative estimate of drug-likeness (QED) is 0.0525.